The maximum Gasteiger partial charge on any atom is 0.186 e. The van der Waals surface area contributed by atoms with Gasteiger partial charge in [0.15, 0.2) is 6.29 Å². The quantitative estimate of drug-likeness (QED) is 0.419. The molecule has 124 valence electrons. The van der Waals surface area contributed by atoms with Crippen molar-refractivity contribution >= 4 is 0 Å². The molecule has 0 aromatic carbocycles. The van der Waals surface area contributed by atoms with E-state index in [1.54, 1.807) is 0 Å². The Labute approximate surface area is 129 Å². The average Bonchev–Trinajstić information content (AvgIpc) is 3.00. The predicted octanol–water partition coefficient (Wildman–Crippen LogP) is -1.61. The highest BCUT2D eigenvalue weighted by Crippen LogP contribution is 2.21. The molecule has 1 aliphatic carbocycles. The molecular formula is C15H23NO6. The van der Waals surface area contributed by atoms with E-state index in [4.69, 9.17) is 14.6 Å². The van der Waals surface area contributed by atoms with Gasteiger partial charge in [-0.15, -0.1) is 5.73 Å². The molecule has 4 N–H and O–H groups in total. The molecule has 5 atom stereocenters. The average molecular weight is 313 g/mol. The Kier molecular flexibility index (Phi) is 6.31. The Hall–Kier alpha value is -1.02. The number of allylic oxidation sites excluding steroid dienone is 1. The summed E-state index contributed by atoms with van der Waals surface area (Å²) < 4.78 is 10.7. The lowest BCUT2D eigenvalue weighted by atomic mass is 9.99. The number of likely N-dealkylation sites (N-methyl/N-ethyl adjacent to an activating group) is 1. The van der Waals surface area contributed by atoms with Crippen LogP contribution in [0.4, 0.5) is 0 Å². The lowest BCUT2D eigenvalue weighted by Crippen LogP contribution is -2.59. The lowest BCUT2D eigenvalue weighted by molar-refractivity contribution is -0.301. The number of rotatable bonds is 7. The van der Waals surface area contributed by atoms with Crippen LogP contribution < -0.4 is 0 Å². The van der Waals surface area contributed by atoms with E-state index in [1.165, 1.54) is 0 Å². The van der Waals surface area contributed by atoms with Crippen LogP contribution in [0.2, 0.25) is 0 Å². The van der Waals surface area contributed by atoms with Crippen LogP contribution in [0.5, 0.6) is 0 Å². The van der Waals surface area contributed by atoms with E-state index in [-0.39, 0.29) is 6.61 Å². The Bertz CT molecular complexity index is 457. The van der Waals surface area contributed by atoms with Crippen molar-refractivity contribution in [3.63, 3.8) is 0 Å². The summed E-state index contributed by atoms with van der Waals surface area (Å²) in [7, 11) is 1.93. The van der Waals surface area contributed by atoms with E-state index in [0.717, 1.165) is 12.1 Å². The first kappa shape index (κ1) is 17.3. The van der Waals surface area contributed by atoms with Crippen molar-refractivity contribution in [2.45, 2.75) is 30.7 Å². The molecule has 0 bridgehead atoms. The monoisotopic (exact) mass is 313 g/mol. The van der Waals surface area contributed by atoms with E-state index in [1.807, 2.05) is 30.2 Å². The third-order valence-corrected chi connectivity index (χ3v) is 3.71. The second-order valence-corrected chi connectivity index (χ2v) is 5.50. The van der Waals surface area contributed by atoms with Crippen LogP contribution in [-0.2, 0) is 9.47 Å². The topological polar surface area (TPSA) is 103 Å². The number of aliphatic hydroxyl groups excluding tert-OH is 4. The van der Waals surface area contributed by atoms with E-state index in [9.17, 15) is 15.3 Å². The zero-order valence-corrected chi connectivity index (χ0v) is 12.5. The molecule has 0 saturated carbocycles. The Balaban J connectivity index is 1.75. The highest BCUT2D eigenvalue weighted by Gasteiger charge is 2.43. The molecule has 0 aromatic rings. The molecule has 0 amide bonds. The second-order valence-electron chi connectivity index (χ2n) is 5.50. The fraction of sp³-hybridized carbons (Fsp3) is 0.667. The van der Waals surface area contributed by atoms with Crippen LogP contribution in [0.25, 0.3) is 0 Å². The molecule has 1 heterocycles. The summed E-state index contributed by atoms with van der Waals surface area (Å²) >= 11 is 0. The molecule has 22 heavy (non-hydrogen) atoms. The summed E-state index contributed by atoms with van der Waals surface area (Å²) in [5.41, 5.74) is 4.18. The maximum absolute atomic E-state index is 9.83. The summed E-state index contributed by atoms with van der Waals surface area (Å²) in [6, 6.07) is 0. The first-order valence-corrected chi connectivity index (χ1v) is 7.26. The molecule has 0 radical (unpaired) electrons. The van der Waals surface area contributed by atoms with Crippen LogP contribution in [0.1, 0.15) is 0 Å². The molecule has 0 aromatic heterocycles. The number of hydrogen-bond donors (Lipinski definition) is 4. The largest absolute Gasteiger partial charge is 0.394 e. The normalized spacial score (nSPS) is 34.5. The van der Waals surface area contributed by atoms with Gasteiger partial charge in [-0.25, -0.2) is 0 Å². The molecule has 7 heteroatoms. The van der Waals surface area contributed by atoms with Crippen LogP contribution in [-0.4, -0.2) is 89.4 Å². The van der Waals surface area contributed by atoms with E-state index >= 15 is 0 Å². The van der Waals surface area contributed by atoms with E-state index in [2.05, 4.69) is 5.73 Å². The van der Waals surface area contributed by atoms with Gasteiger partial charge in [0.1, 0.15) is 24.4 Å². The van der Waals surface area contributed by atoms with Gasteiger partial charge in [-0.3, -0.25) is 4.90 Å². The smallest absolute Gasteiger partial charge is 0.186 e. The van der Waals surface area contributed by atoms with Gasteiger partial charge in [-0.05, 0) is 19.2 Å². The van der Waals surface area contributed by atoms with Gasteiger partial charge in [0.2, 0.25) is 0 Å². The van der Waals surface area contributed by atoms with E-state index < -0.39 is 37.3 Å². The number of aliphatic hydroxyl groups is 4. The molecule has 0 spiro atoms. The van der Waals surface area contributed by atoms with Gasteiger partial charge in [0, 0.05) is 18.7 Å². The van der Waals surface area contributed by atoms with Gasteiger partial charge < -0.3 is 29.9 Å². The van der Waals surface area contributed by atoms with Crippen LogP contribution in [0.15, 0.2) is 29.5 Å². The first-order valence-electron chi connectivity index (χ1n) is 7.26. The second kappa shape index (κ2) is 8.01. The van der Waals surface area contributed by atoms with E-state index in [0.29, 0.717) is 6.54 Å². The summed E-state index contributed by atoms with van der Waals surface area (Å²) in [5, 5.41) is 38.3. The Morgan fingerprint density at radius 3 is 2.68 bits per heavy atom. The third kappa shape index (κ3) is 4.25. The fourth-order valence-electron chi connectivity index (χ4n) is 2.37. The van der Waals surface area contributed by atoms with Crippen molar-refractivity contribution in [1.29, 1.82) is 0 Å². The maximum atomic E-state index is 9.83. The highest BCUT2D eigenvalue weighted by atomic mass is 16.7. The summed E-state index contributed by atoms with van der Waals surface area (Å²) in [4.78, 5) is 2.02. The highest BCUT2D eigenvalue weighted by molar-refractivity contribution is 5.29. The van der Waals surface area contributed by atoms with Crippen molar-refractivity contribution in [3.05, 3.63) is 29.5 Å². The minimum absolute atomic E-state index is 0.278. The van der Waals surface area contributed by atoms with Crippen LogP contribution in [0.3, 0.4) is 0 Å². The van der Waals surface area contributed by atoms with Crippen molar-refractivity contribution in [3.8, 4) is 0 Å². The lowest BCUT2D eigenvalue weighted by Gasteiger charge is -2.39. The van der Waals surface area contributed by atoms with Crippen molar-refractivity contribution in [2.24, 2.45) is 0 Å². The number of ether oxygens (including phenoxy) is 2. The molecule has 0 unspecified atom stereocenters. The summed E-state index contributed by atoms with van der Waals surface area (Å²) in [6.07, 6.45) is -0.389. The minimum atomic E-state index is -1.41. The molecule has 1 saturated heterocycles. The number of nitrogens with zero attached hydrogens (tertiary/aromatic N) is 1. The molecule has 1 aliphatic heterocycles. The molecule has 7 nitrogen and oxygen atoms in total. The predicted molar refractivity (Wildman–Crippen MR) is 78.0 cm³/mol. The zero-order valence-electron chi connectivity index (χ0n) is 12.5. The van der Waals surface area contributed by atoms with Gasteiger partial charge in [0.05, 0.1) is 13.2 Å². The molecular weight excluding hydrogens is 290 g/mol. The summed E-state index contributed by atoms with van der Waals surface area (Å²) in [6.45, 7) is 1.14. The molecule has 1 fully saturated rings. The molecule has 2 aliphatic rings. The molecule has 2 rings (SSSR count). The van der Waals surface area contributed by atoms with Gasteiger partial charge in [-0.1, -0.05) is 6.08 Å². The van der Waals surface area contributed by atoms with Gasteiger partial charge in [-0.2, -0.15) is 0 Å². The minimum Gasteiger partial charge on any atom is -0.394 e. The van der Waals surface area contributed by atoms with Crippen LogP contribution in [0, 0.1) is 0 Å². The third-order valence-electron chi connectivity index (χ3n) is 3.71. The SMILES string of the molecule is CN(CCO[C@@H]1O[C@H](CO)[C@@H](O)[C@H](O)[C@H]1O)CC1=C=CC=C1. The first-order chi connectivity index (χ1) is 10.5. The van der Waals surface area contributed by atoms with Crippen LogP contribution >= 0.6 is 0 Å². The summed E-state index contributed by atoms with van der Waals surface area (Å²) in [5.74, 6) is 0. The Morgan fingerprint density at radius 1 is 1.27 bits per heavy atom. The van der Waals surface area contributed by atoms with Gasteiger partial charge in [0.25, 0.3) is 0 Å². The van der Waals surface area contributed by atoms with Crippen molar-refractivity contribution < 1.29 is 29.9 Å². The fourth-order valence-corrected chi connectivity index (χ4v) is 2.37. The van der Waals surface area contributed by atoms with Gasteiger partial charge >= 0.3 is 0 Å². The van der Waals surface area contributed by atoms with Crippen molar-refractivity contribution in [1.82, 2.24) is 4.90 Å². The Morgan fingerprint density at radius 2 is 2.05 bits per heavy atom. The number of hydrogen-bond acceptors (Lipinski definition) is 7. The zero-order chi connectivity index (χ0) is 16.1. The standard InChI is InChI=1S/C15H23NO6/c1-16(8-10-4-2-3-5-10)6-7-21-15-14(20)13(19)12(18)11(9-17)22-15/h2-4,11-15,17-20H,6-9H2,1H3/t11-,12-,13+,14-,15-/m1/s1. The van der Waals surface area contributed by atoms with Crippen molar-refractivity contribution in [2.75, 3.05) is 33.4 Å².